The smallest absolute Gasteiger partial charge is 0.254 e. The third-order valence-corrected chi connectivity index (χ3v) is 5.22. The topological polar surface area (TPSA) is 38.8 Å². The van der Waals surface area contributed by atoms with Crippen LogP contribution in [0.25, 0.3) is 0 Å². The molecule has 6 heteroatoms. The van der Waals surface area contributed by atoms with Crippen LogP contribution >= 0.6 is 23.2 Å². The summed E-state index contributed by atoms with van der Waals surface area (Å²) in [6, 6.07) is 10.6. The number of carbonyl (C=O) groups is 1. The highest BCUT2D eigenvalue weighted by Crippen LogP contribution is 2.39. The van der Waals surface area contributed by atoms with Crippen molar-refractivity contribution in [1.82, 2.24) is 4.90 Å². The van der Waals surface area contributed by atoms with Crippen LogP contribution in [0.5, 0.6) is 11.5 Å². The van der Waals surface area contributed by atoms with Gasteiger partial charge in [0, 0.05) is 23.7 Å². The van der Waals surface area contributed by atoms with Gasteiger partial charge in [-0.3, -0.25) is 4.79 Å². The zero-order chi connectivity index (χ0) is 18.0. The number of carbonyl (C=O) groups excluding carboxylic acids is 1. The molecule has 25 heavy (non-hydrogen) atoms. The van der Waals surface area contributed by atoms with E-state index in [1.807, 2.05) is 23.1 Å². The van der Waals surface area contributed by atoms with Crippen LogP contribution < -0.4 is 9.47 Å². The van der Waals surface area contributed by atoms with E-state index >= 15 is 0 Å². The van der Waals surface area contributed by atoms with E-state index in [1.54, 1.807) is 32.4 Å². The molecule has 3 rings (SSSR count). The van der Waals surface area contributed by atoms with Gasteiger partial charge in [-0.1, -0.05) is 23.2 Å². The fourth-order valence-electron chi connectivity index (χ4n) is 3.22. The fourth-order valence-corrected chi connectivity index (χ4v) is 3.52. The average molecular weight is 380 g/mol. The normalized spacial score (nSPS) is 16.8. The lowest BCUT2D eigenvalue weighted by atomic mass is 10.0. The summed E-state index contributed by atoms with van der Waals surface area (Å²) in [7, 11) is 3.24. The minimum Gasteiger partial charge on any atom is -0.497 e. The minimum atomic E-state index is -0.0565. The van der Waals surface area contributed by atoms with Gasteiger partial charge in [0.05, 0.1) is 30.3 Å². The van der Waals surface area contributed by atoms with E-state index in [1.165, 1.54) is 0 Å². The predicted octanol–water partition coefficient (Wildman–Crippen LogP) is 4.99. The second kappa shape index (κ2) is 7.54. The van der Waals surface area contributed by atoms with Crippen LogP contribution in [-0.2, 0) is 0 Å². The summed E-state index contributed by atoms with van der Waals surface area (Å²) < 4.78 is 10.8. The number of likely N-dealkylation sites (tertiary alicyclic amines) is 1. The molecule has 0 saturated carbocycles. The molecule has 1 aliphatic heterocycles. The van der Waals surface area contributed by atoms with E-state index < -0.39 is 0 Å². The first-order valence-corrected chi connectivity index (χ1v) is 8.78. The zero-order valence-corrected chi connectivity index (χ0v) is 15.6. The van der Waals surface area contributed by atoms with Crippen LogP contribution in [0.2, 0.25) is 10.0 Å². The maximum atomic E-state index is 13.0. The molecule has 1 heterocycles. The zero-order valence-electron chi connectivity index (χ0n) is 14.1. The van der Waals surface area contributed by atoms with E-state index in [-0.39, 0.29) is 11.9 Å². The van der Waals surface area contributed by atoms with Crippen molar-refractivity contribution in [3.63, 3.8) is 0 Å². The van der Waals surface area contributed by atoms with Gasteiger partial charge in [-0.15, -0.1) is 0 Å². The van der Waals surface area contributed by atoms with Gasteiger partial charge in [-0.2, -0.15) is 0 Å². The number of benzene rings is 2. The number of hydrogen-bond donors (Lipinski definition) is 0. The molecule has 1 amide bonds. The van der Waals surface area contributed by atoms with Crippen LogP contribution in [0.15, 0.2) is 36.4 Å². The first kappa shape index (κ1) is 17.9. The predicted molar refractivity (Wildman–Crippen MR) is 99.0 cm³/mol. The van der Waals surface area contributed by atoms with Crippen molar-refractivity contribution in [1.29, 1.82) is 0 Å². The van der Waals surface area contributed by atoms with E-state index in [2.05, 4.69) is 0 Å². The SMILES string of the molecule is COc1ccc(C2CCCN2C(=O)c2ccc(Cl)c(Cl)c2)c(OC)c1. The summed E-state index contributed by atoms with van der Waals surface area (Å²) in [5.74, 6) is 1.39. The third kappa shape index (κ3) is 3.55. The summed E-state index contributed by atoms with van der Waals surface area (Å²) in [6.45, 7) is 0.693. The number of amides is 1. The Bertz CT molecular complexity index is 794. The highest BCUT2D eigenvalue weighted by atomic mass is 35.5. The van der Waals surface area contributed by atoms with Crippen molar-refractivity contribution in [3.8, 4) is 11.5 Å². The van der Waals surface area contributed by atoms with Crippen molar-refractivity contribution in [2.24, 2.45) is 0 Å². The summed E-state index contributed by atoms with van der Waals surface area (Å²) >= 11 is 12.0. The lowest BCUT2D eigenvalue weighted by Gasteiger charge is -2.26. The molecular weight excluding hydrogens is 361 g/mol. The molecule has 0 radical (unpaired) electrons. The van der Waals surface area contributed by atoms with E-state index in [9.17, 15) is 4.79 Å². The van der Waals surface area contributed by atoms with Crippen molar-refractivity contribution < 1.29 is 14.3 Å². The van der Waals surface area contributed by atoms with E-state index in [0.29, 0.717) is 22.2 Å². The lowest BCUT2D eigenvalue weighted by molar-refractivity contribution is 0.0734. The number of halogens is 2. The molecule has 4 nitrogen and oxygen atoms in total. The molecule has 1 saturated heterocycles. The maximum absolute atomic E-state index is 13.0. The standard InChI is InChI=1S/C19H19Cl2NO3/c1-24-13-6-7-14(18(11-13)25-2)17-4-3-9-22(17)19(23)12-5-8-15(20)16(21)10-12/h5-8,10-11,17H,3-4,9H2,1-2H3. The number of rotatable bonds is 4. The largest absolute Gasteiger partial charge is 0.497 e. The summed E-state index contributed by atoms with van der Waals surface area (Å²) in [6.07, 6.45) is 1.82. The highest BCUT2D eigenvalue weighted by Gasteiger charge is 2.32. The van der Waals surface area contributed by atoms with Crippen molar-refractivity contribution in [3.05, 3.63) is 57.6 Å². The average Bonchev–Trinajstić information content (AvgIpc) is 3.12. The minimum absolute atomic E-state index is 0.0391. The molecule has 0 aliphatic carbocycles. The first-order valence-electron chi connectivity index (χ1n) is 8.03. The fraction of sp³-hybridized carbons (Fsp3) is 0.316. The van der Waals surface area contributed by atoms with Crippen LogP contribution in [0.1, 0.15) is 34.8 Å². The molecule has 1 unspecified atom stereocenters. The second-order valence-corrected chi connectivity index (χ2v) is 6.71. The molecule has 0 spiro atoms. The Morgan fingerprint density at radius 1 is 1.08 bits per heavy atom. The monoisotopic (exact) mass is 379 g/mol. The molecule has 0 N–H and O–H groups in total. The van der Waals surface area contributed by atoms with Crippen molar-refractivity contribution >= 4 is 29.1 Å². The number of hydrogen-bond acceptors (Lipinski definition) is 3. The molecule has 1 fully saturated rings. The molecule has 2 aromatic rings. The number of nitrogens with zero attached hydrogens (tertiary/aromatic N) is 1. The molecule has 132 valence electrons. The number of ether oxygens (including phenoxy) is 2. The third-order valence-electron chi connectivity index (χ3n) is 4.48. The maximum Gasteiger partial charge on any atom is 0.254 e. The summed E-state index contributed by atoms with van der Waals surface area (Å²) in [5.41, 5.74) is 1.52. The Balaban J connectivity index is 1.92. The Morgan fingerprint density at radius 3 is 2.56 bits per heavy atom. The number of methoxy groups -OCH3 is 2. The summed E-state index contributed by atoms with van der Waals surface area (Å²) in [5, 5.41) is 0.818. The molecule has 0 aromatic heterocycles. The molecular formula is C19H19Cl2NO3. The van der Waals surface area contributed by atoms with Crippen molar-refractivity contribution in [2.75, 3.05) is 20.8 Å². The van der Waals surface area contributed by atoms with Crippen LogP contribution in [-0.4, -0.2) is 31.6 Å². The van der Waals surface area contributed by atoms with Gasteiger partial charge in [0.2, 0.25) is 0 Å². The van der Waals surface area contributed by atoms with Gasteiger partial charge < -0.3 is 14.4 Å². The van der Waals surface area contributed by atoms with Crippen LogP contribution in [0, 0.1) is 0 Å². The van der Waals surface area contributed by atoms with Crippen LogP contribution in [0.3, 0.4) is 0 Å². The van der Waals surface area contributed by atoms with Gasteiger partial charge in [0.15, 0.2) is 0 Å². The van der Waals surface area contributed by atoms with Gasteiger partial charge >= 0.3 is 0 Å². The van der Waals surface area contributed by atoms with Gasteiger partial charge in [0.1, 0.15) is 11.5 Å². The van der Waals surface area contributed by atoms with Gasteiger partial charge in [-0.05, 0) is 43.2 Å². The molecule has 0 bridgehead atoms. The quantitative estimate of drug-likeness (QED) is 0.750. The Morgan fingerprint density at radius 2 is 1.88 bits per heavy atom. The molecule has 1 atom stereocenters. The van der Waals surface area contributed by atoms with Crippen LogP contribution in [0.4, 0.5) is 0 Å². The van der Waals surface area contributed by atoms with Crippen molar-refractivity contribution in [2.45, 2.75) is 18.9 Å². The lowest BCUT2D eigenvalue weighted by Crippen LogP contribution is -2.30. The van der Waals surface area contributed by atoms with Gasteiger partial charge in [0.25, 0.3) is 5.91 Å². The summed E-state index contributed by atoms with van der Waals surface area (Å²) in [4.78, 5) is 14.8. The van der Waals surface area contributed by atoms with E-state index in [4.69, 9.17) is 32.7 Å². The molecule has 2 aromatic carbocycles. The highest BCUT2D eigenvalue weighted by molar-refractivity contribution is 6.42. The van der Waals surface area contributed by atoms with Gasteiger partial charge in [-0.25, -0.2) is 0 Å². The molecule has 1 aliphatic rings. The second-order valence-electron chi connectivity index (χ2n) is 5.89. The Kier molecular flexibility index (Phi) is 5.40. The first-order chi connectivity index (χ1) is 12.0. The Labute approximate surface area is 157 Å². The van der Waals surface area contributed by atoms with E-state index in [0.717, 1.165) is 29.9 Å². The Hall–Kier alpha value is -1.91.